The molecule has 0 aliphatic carbocycles. The van der Waals surface area contributed by atoms with Crippen LogP contribution in [0.15, 0.2) is 30.3 Å². The Kier molecular flexibility index (Phi) is 5.62. The summed E-state index contributed by atoms with van der Waals surface area (Å²) in [4.78, 5) is 12.4. The highest BCUT2D eigenvalue weighted by molar-refractivity contribution is 5.85. The molecule has 0 radical (unpaired) electrons. The van der Waals surface area contributed by atoms with Crippen molar-refractivity contribution in [2.24, 2.45) is 0 Å². The van der Waals surface area contributed by atoms with E-state index in [1.807, 2.05) is 30.3 Å². The molecule has 0 saturated carbocycles. The number of methoxy groups -OCH3 is 1. The van der Waals surface area contributed by atoms with Gasteiger partial charge in [0.2, 0.25) is 0 Å². The Hall–Kier alpha value is -1.10. The fraction of sp³-hybridized carbons (Fsp3) is 0.562. The third kappa shape index (κ3) is 3.76. The van der Waals surface area contributed by atoms with Gasteiger partial charge in [-0.2, -0.15) is 0 Å². The van der Waals surface area contributed by atoms with Crippen LogP contribution < -0.4 is 10.6 Å². The van der Waals surface area contributed by atoms with Gasteiger partial charge in [0, 0.05) is 25.2 Å². The van der Waals surface area contributed by atoms with Crippen LogP contribution >= 0.6 is 12.4 Å². The average molecular weight is 311 g/mol. The van der Waals surface area contributed by atoms with E-state index in [-0.39, 0.29) is 24.4 Å². The van der Waals surface area contributed by atoms with Crippen molar-refractivity contribution in [2.45, 2.75) is 49.9 Å². The molecule has 1 amide bonds. The summed E-state index contributed by atoms with van der Waals surface area (Å²) in [5.74, 6) is -0.0231. The number of halogens is 1. The summed E-state index contributed by atoms with van der Waals surface area (Å²) in [6, 6.07) is 11.1. The van der Waals surface area contributed by atoms with Crippen molar-refractivity contribution in [3.63, 3.8) is 0 Å². The Morgan fingerprint density at radius 3 is 2.43 bits per heavy atom. The highest BCUT2D eigenvalue weighted by Crippen LogP contribution is 2.27. The van der Waals surface area contributed by atoms with Gasteiger partial charge in [-0.05, 0) is 31.2 Å². The second kappa shape index (κ2) is 7.25. The maximum atomic E-state index is 12.4. The number of piperidine rings is 1. The number of benzene rings is 1. The molecule has 116 valence electrons. The summed E-state index contributed by atoms with van der Waals surface area (Å²) in [6.07, 6.45) is 4.04. The summed E-state index contributed by atoms with van der Waals surface area (Å²) >= 11 is 0. The number of fused-ring (bicyclic) bond motifs is 2. The molecule has 2 saturated heterocycles. The molecule has 3 atom stereocenters. The van der Waals surface area contributed by atoms with Crippen molar-refractivity contribution in [3.8, 4) is 0 Å². The Labute approximate surface area is 132 Å². The van der Waals surface area contributed by atoms with Gasteiger partial charge in [0.15, 0.2) is 6.10 Å². The van der Waals surface area contributed by atoms with Gasteiger partial charge in [-0.1, -0.05) is 30.3 Å². The number of carbonyl (C=O) groups excluding carboxylic acids is 1. The van der Waals surface area contributed by atoms with Gasteiger partial charge in [0.25, 0.3) is 5.91 Å². The molecule has 3 rings (SSSR count). The van der Waals surface area contributed by atoms with Crippen LogP contribution in [0.2, 0.25) is 0 Å². The first-order valence-corrected chi connectivity index (χ1v) is 7.40. The molecule has 2 aliphatic heterocycles. The number of hydrogen-bond acceptors (Lipinski definition) is 3. The zero-order valence-electron chi connectivity index (χ0n) is 12.2. The average Bonchev–Trinajstić information content (AvgIpc) is 2.80. The molecular weight excluding hydrogens is 288 g/mol. The van der Waals surface area contributed by atoms with Crippen LogP contribution in [0, 0.1) is 0 Å². The molecule has 4 nitrogen and oxygen atoms in total. The summed E-state index contributed by atoms with van der Waals surface area (Å²) in [5, 5.41) is 6.75. The number of nitrogens with one attached hydrogen (secondary N) is 2. The molecule has 2 fully saturated rings. The molecule has 1 aromatic rings. The van der Waals surface area contributed by atoms with Crippen molar-refractivity contribution in [3.05, 3.63) is 35.9 Å². The lowest BCUT2D eigenvalue weighted by Crippen LogP contribution is -2.49. The van der Waals surface area contributed by atoms with Crippen molar-refractivity contribution >= 4 is 18.3 Å². The lowest BCUT2D eigenvalue weighted by molar-refractivity contribution is -0.132. The molecule has 2 heterocycles. The summed E-state index contributed by atoms with van der Waals surface area (Å²) < 4.78 is 5.38. The third-order valence-electron chi connectivity index (χ3n) is 4.40. The van der Waals surface area contributed by atoms with E-state index in [0.717, 1.165) is 18.4 Å². The van der Waals surface area contributed by atoms with Gasteiger partial charge in [-0.25, -0.2) is 0 Å². The van der Waals surface area contributed by atoms with Crippen LogP contribution in [0.25, 0.3) is 0 Å². The summed E-state index contributed by atoms with van der Waals surface area (Å²) in [6.45, 7) is 0. The zero-order valence-corrected chi connectivity index (χ0v) is 13.1. The Balaban J connectivity index is 0.00000161. The summed E-state index contributed by atoms with van der Waals surface area (Å²) in [7, 11) is 1.59. The lowest BCUT2D eigenvalue weighted by Gasteiger charge is -2.30. The van der Waals surface area contributed by atoms with E-state index in [1.165, 1.54) is 12.8 Å². The molecule has 0 spiro atoms. The fourth-order valence-corrected chi connectivity index (χ4v) is 3.47. The van der Waals surface area contributed by atoms with Crippen LogP contribution in [0.1, 0.15) is 37.4 Å². The molecule has 21 heavy (non-hydrogen) atoms. The largest absolute Gasteiger partial charge is 0.367 e. The zero-order chi connectivity index (χ0) is 13.9. The molecular formula is C16H23ClN2O2. The molecule has 1 aromatic carbocycles. The van der Waals surface area contributed by atoms with Gasteiger partial charge >= 0.3 is 0 Å². The van der Waals surface area contributed by atoms with Crippen molar-refractivity contribution in [1.29, 1.82) is 0 Å². The second-order valence-electron chi connectivity index (χ2n) is 5.84. The van der Waals surface area contributed by atoms with E-state index >= 15 is 0 Å². The number of hydrogen-bond donors (Lipinski definition) is 2. The predicted molar refractivity (Wildman–Crippen MR) is 84.6 cm³/mol. The number of ether oxygens (including phenoxy) is 1. The van der Waals surface area contributed by atoms with E-state index in [1.54, 1.807) is 7.11 Å². The first kappa shape index (κ1) is 16.3. The molecule has 0 aromatic heterocycles. The summed E-state index contributed by atoms with van der Waals surface area (Å²) in [5.41, 5.74) is 0.907. The number of carbonyl (C=O) groups is 1. The van der Waals surface area contributed by atoms with Crippen LogP contribution in [0.5, 0.6) is 0 Å². The molecule has 5 heteroatoms. The quantitative estimate of drug-likeness (QED) is 0.896. The van der Waals surface area contributed by atoms with Crippen molar-refractivity contribution < 1.29 is 9.53 Å². The number of amides is 1. The number of rotatable bonds is 4. The maximum absolute atomic E-state index is 12.4. The van der Waals surface area contributed by atoms with E-state index in [4.69, 9.17) is 4.74 Å². The SMILES string of the molecule is COC(C(=O)NC1CC2CCC(C1)N2)c1ccccc1.Cl. The van der Waals surface area contributed by atoms with E-state index in [2.05, 4.69) is 10.6 Å². The van der Waals surface area contributed by atoms with Crippen LogP contribution in [0.3, 0.4) is 0 Å². The topological polar surface area (TPSA) is 50.4 Å². The molecule has 2 N–H and O–H groups in total. The minimum absolute atomic E-state index is 0. The monoisotopic (exact) mass is 310 g/mol. The van der Waals surface area contributed by atoms with Gasteiger partial charge < -0.3 is 15.4 Å². The van der Waals surface area contributed by atoms with Gasteiger partial charge in [0.1, 0.15) is 0 Å². The fourth-order valence-electron chi connectivity index (χ4n) is 3.47. The van der Waals surface area contributed by atoms with Crippen LogP contribution in [-0.2, 0) is 9.53 Å². The standard InChI is InChI=1S/C16H22N2O2.ClH/c1-20-15(11-5-3-2-4-6-11)16(19)18-14-9-12-7-8-13(10-14)17-12;/h2-6,12-15,17H,7-10H2,1H3,(H,18,19);1H. The van der Waals surface area contributed by atoms with Crippen molar-refractivity contribution in [1.82, 2.24) is 10.6 Å². The first-order chi connectivity index (χ1) is 9.76. The smallest absolute Gasteiger partial charge is 0.253 e. The normalized spacial score (nSPS) is 28.5. The van der Waals surface area contributed by atoms with Crippen LogP contribution in [-0.4, -0.2) is 31.1 Å². The molecule has 2 aliphatic rings. The van der Waals surface area contributed by atoms with Crippen LogP contribution in [0.4, 0.5) is 0 Å². The Morgan fingerprint density at radius 2 is 1.86 bits per heavy atom. The molecule has 3 unspecified atom stereocenters. The van der Waals surface area contributed by atoms with E-state index < -0.39 is 6.10 Å². The van der Waals surface area contributed by atoms with E-state index in [9.17, 15) is 4.79 Å². The van der Waals surface area contributed by atoms with Gasteiger partial charge in [0.05, 0.1) is 0 Å². The maximum Gasteiger partial charge on any atom is 0.253 e. The molecule has 2 bridgehead atoms. The van der Waals surface area contributed by atoms with E-state index in [0.29, 0.717) is 12.1 Å². The van der Waals surface area contributed by atoms with Gasteiger partial charge in [-0.15, -0.1) is 12.4 Å². The highest BCUT2D eigenvalue weighted by Gasteiger charge is 2.35. The third-order valence-corrected chi connectivity index (χ3v) is 4.40. The highest BCUT2D eigenvalue weighted by atomic mass is 35.5. The predicted octanol–water partition coefficient (Wildman–Crippen LogP) is 2.20. The second-order valence-corrected chi connectivity index (χ2v) is 5.84. The van der Waals surface area contributed by atoms with Gasteiger partial charge in [-0.3, -0.25) is 4.79 Å². The minimum atomic E-state index is -0.510. The Morgan fingerprint density at radius 1 is 1.24 bits per heavy atom. The minimum Gasteiger partial charge on any atom is -0.367 e. The Bertz CT molecular complexity index is 457. The lowest BCUT2D eigenvalue weighted by atomic mass is 9.99. The van der Waals surface area contributed by atoms with Crippen molar-refractivity contribution in [2.75, 3.05) is 7.11 Å². The first-order valence-electron chi connectivity index (χ1n) is 7.40.